The lowest BCUT2D eigenvalue weighted by Crippen LogP contribution is -2.34. The number of hydrogen-bond acceptors (Lipinski definition) is 3. The average molecular weight is 302 g/mol. The number of benzene rings is 1. The van der Waals surface area contributed by atoms with Gasteiger partial charge in [-0.25, -0.2) is 0 Å². The van der Waals surface area contributed by atoms with E-state index in [2.05, 4.69) is 41.6 Å². The number of carbonyl (C=O) groups excluding carboxylic acids is 1. The van der Waals surface area contributed by atoms with E-state index in [1.54, 1.807) is 24.3 Å². The zero-order chi connectivity index (χ0) is 15.5. The van der Waals surface area contributed by atoms with Gasteiger partial charge in [-0.05, 0) is 24.4 Å². The van der Waals surface area contributed by atoms with Crippen LogP contribution in [0, 0.1) is 0 Å². The molecule has 110 valence electrons. The highest BCUT2D eigenvalue weighted by atomic mass is 32.1. The fourth-order valence-electron chi connectivity index (χ4n) is 1.68. The van der Waals surface area contributed by atoms with Crippen LogP contribution in [0.5, 0.6) is 0 Å². The lowest BCUT2D eigenvalue weighted by molar-refractivity contribution is 0.0977. The minimum Gasteiger partial charge on any atom is -0.316 e. The predicted molar refractivity (Wildman–Crippen MR) is 87.4 cm³/mol. The summed E-state index contributed by atoms with van der Waals surface area (Å²) >= 11 is 5.12. The smallest absolute Gasteiger partial charge is 0.257 e. The molecule has 0 aliphatic heterocycles. The largest absolute Gasteiger partial charge is 0.316 e. The average Bonchev–Trinajstić information content (AvgIpc) is 2.88. The summed E-state index contributed by atoms with van der Waals surface area (Å²) in [5.74, 6) is 0.331. The van der Waals surface area contributed by atoms with Gasteiger partial charge in [0.25, 0.3) is 5.91 Å². The van der Waals surface area contributed by atoms with Gasteiger partial charge in [0.15, 0.2) is 10.9 Å². The Bertz CT molecular complexity index is 643. The van der Waals surface area contributed by atoms with E-state index in [0.717, 1.165) is 5.69 Å². The Kier molecular flexibility index (Phi) is 4.37. The molecule has 0 unspecified atom stereocenters. The van der Waals surface area contributed by atoms with Crippen LogP contribution in [0.15, 0.2) is 36.4 Å². The number of aromatic nitrogens is 2. The molecule has 2 aromatic rings. The van der Waals surface area contributed by atoms with Gasteiger partial charge in [0.05, 0.1) is 0 Å². The highest BCUT2D eigenvalue weighted by molar-refractivity contribution is 7.80. The van der Waals surface area contributed by atoms with Crippen LogP contribution in [0.1, 0.15) is 36.8 Å². The number of anilines is 1. The van der Waals surface area contributed by atoms with Crippen molar-refractivity contribution < 1.29 is 4.79 Å². The van der Waals surface area contributed by atoms with Crippen LogP contribution >= 0.6 is 12.2 Å². The first kappa shape index (κ1) is 15.2. The summed E-state index contributed by atoms with van der Waals surface area (Å²) in [6.45, 7) is 6.25. The Hall–Kier alpha value is -2.21. The second kappa shape index (κ2) is 6.05. The van der Waals surface area contributed by atoms with Gasteiger partial charge in [-0.1, -0.05) is 39.0 Å². The van der Waals surface area contributed by atoms with E-state index in [0.29, 0.717) is 11.4 Å². The molecule has 1 aromatic carbocycles. The first-order chi connectivity index (χ1) is 9.86. The third-order valence-corrected chi connectivity index (χ3v) is 3.09. The third-order valence-electron chi connectivity index (χ3n) is 2.89. The number of thiocarbonyl (C=S) groups is 1. The van der Waals surface area contributed by atoms with Crippen LogP contribution in [-0.4, -0.2) is 21.2 Å². The van der Waals surface area contributed by atoms with Gasteiger partial charge in [-0.15, -0.1) is 0 Å². The molecule has 2 rings (SSSR count). The number of nitrogens with one attached hydrogen (secondary N) is 3. The van der Waals surface area contributed by atoms with Gasteiger partial charge in [0.2, 0.25) is 0 Å². The van der Waals surface area contributed by atoms with Gasteiger partial charge in [-0.3, -0.25) is 15.2 Å². The summed E-state index contributed by atoms with van der Waals surface area (Å²) in [5.41, 5.74) is 1.52. The van der Waals surface area contributed by atoms with Crippen molar-refractivity contribution in [2.45, 2.75) is 26.2 Å². The molecule has 1 amide bonds. The number of rotatable bonds is 2. The molecule has 0 aliphatic rings. The van der Waals surface area contributed by atoms with Crippen LogP contribution in [-0.2, 0) is 5.41 Å². The predicted octanol–water partition coefficient (Wildman–Crippen LogP) is 2.83. The molecule has 1 aromatic heterocycles. The zero-order valence-corrected chi connectivity index (χ0v) is 13.0. The molecule has 0 fully saturated rings. The summed E-state index contributed by atoms with van der Waals surface area (Å²) in [6, 6.07) is 10.8. The van der Waals surface area contributed by atoms with Crippen LogP contribution in [0.25, 0.3) is 0 Å². The second-order valence-corrected chi connectivity index (χ2v) is 6.10. The molecule has 0 aliphatic carbocycles. The maximum absolute atomic E-state index is 11.9. The Morgan fingerprint density at radius 3 is 2.48 bits per heavy atom. The maximum Gasteiger partial charge on any atom is 0.257 e. The highest BCUT2D eigenvalue weighted by Gasteiger charge is 2.17. The minimum atomic E-state index is -0.250. The van der Waals surface area contributed by atoms with Crippen molar-refractivity contribution in [1.29, 1.82) is 0 Å². The Balaban J connectivity index is 1.96. The van der Waals surface area contributed by atoms with Crippen molar-refractivity contribution in [3.8, 4) is 0 Å². The van der Waals surface area contributed by atoms with Crippen molar-refractivity contribution in [3.05, 3.63) is 47.7 Å². The zero-order valence-electron chi connectivity index (χ0n) is 12.2. The lowest BCUT2D eigenvalue weighted by atomic mass is 9.92. The first-order valence-corrected chi connectivity index (χ1v) is 7.00. The van der Waals surface area contributed by atoms with Crippen LogP contribution in [0.2, 0.25) is 0 Å². The molecular formula is C15H18N4OS. The van der Waals surface area contributed by atoms with Gasteiger partial charge in [0.1, 0.15) is 0 Å². The quantitative estimate of drug-likeness (QED) is 0.746. The van der Waals surface area contributed by atoms with E-state index in [1.807, 2.05) is 12.1 Å². The number of amides is 1. The number of hydrogen-bond donors (Lipinski definition) is 3. The summed E-state index contributed by atoms with van der Waals surface area (Å²) in [4.78, 5) is 11.9. The summed E-state index contributed by atoms with van der Waals surface area (Å²) in [6.07, 6.45) is 0. The Labute approximate surface area is 129 Å². The maximum atomic E-state index is 11.9. The Morgan fingerprint density at radius 1 is 1.24 bits per heavy atom. The highest BCUT2D eigenvalue weighted by Crippen LogP contribution is 2.21. The van der Waals surface area contributed by atoms with Crippen LogP contribution in [0.4, 0.5) is 5.82 Å². The molecule has 21 heavy (non-hydrogen) atoms. The molecule has 6 heteroatoms. The fourth-order valence-corrected chi connectivity index (χ4v) is 1.88. The van der Waals surface area contributed by atoms with Crippen LogP contribution in [0.3, 0.4) is 0 Å². The van der Waals surface area contributed by atoms with Crippen molar-refractivity contribution >= 4 is 29.1 Å². The van der Waals surface area contributed by atoms with E-state index >= 15 is 0 Å². The van der Waals surface area contributed by atoms with Crippen LogP contribution < -0.4 is 10.6 Å². The van der Waals surface area contributed by atoms with E-state index in [1.165, 1.54) is 0 Å². The van der Waals surface area contributed by atoms with E-state index in [4.69, 9.17) is 12.2 Å². The van der Waals surface area contributed by atoms with E-state index in [9.17, 15) is 4.79 Å². The number of nitrogens with zero attached hydrogens (tertiary/aromatic N) is 1. The molecule has 0 spiro atoms. The fraction of sp³-hybridized carbons (Fsp3) is 0.267. The van der Waals surface area contributed by atoms with E-state index < -0.39 is 0 Å². The second-order valence-electron chi connectivity index (χ2n) is 5.69. The Morgan fingerprint density at radius 2 is 1.90 bits per heavy atom. The van der Waals surface area contributed by atoms with Gasteiger partial charge < -0.3 is 5.32 Å². The molecule has 1 heterocycles. The van der Waals surface area contributed by atoms with Crippen molar-refractivity contribution in [1.82, 2.24) is 15.5 Å². The topological polar surface area (TPSA) is 69.8 Å². The monoisotopic (exact) mass is 302 g/mol. The first-order valence-electron chi connectivity index (χ1n) is 6.59. The molecule has 0 bridgehead atoms. The molecule has 3 N–H and O–H groups in total. The molecule has 5 nitrogen and oxygen atoms in total. The van der Waals surface area contributed by atoms with Crippen molar-refractivity contribution in [2.75, 3.05) is 5.32 Å². The number of H-pyrrole nitrogens is 1. The number of carbonyl (C=O) groups is 1. The van der Waals surface area contributed by atoms with Crippen molar-refractivity contribution in [3.63, 3.8) is 0 Å². The molecule has 0 atom stereocenters. The molecule has 0 radical (unpaired) electrons. The van der Waals surface area contributed by atoms with Gasteiger partial charge in [-0.2, -0.15) is 5.10 Å². The molecule has 0 saturated carbocycles. The molecular weight excluding hydrogens is 284 g/mol. The van der Waals surface area contributed by atoms with Gasteiger partial charge in [0, 0.05) is 22.7 Å². The number of aromatic amines is 1. The summed E-state index contributed by atoms with van der Waals surface area (Å²) < 4.78 is 0. The summed E-state index contributed by atoms with van der Waals surface area (Å²) in [5, 5.41) is 12.8. The SMILES string of the molecule is CC(C)(C)c1cc(NC(=S)NC(=O)c2ccccc2)n[nH]1. The van der Waals surface area contributed by atoms with Crippen molar-refractivity contribution in [2.24, 2.45) is 0 Å². The van der Waals surface area contributed by atoms with E-state index in [-0.39, 0.29) is 16.4 Å². The molecule has 0 saturated heterocycles. The lowest BCUT2D eigenvalue weighted by Gasteiger charge is -2.14. The van der Waals surface area contributed by atoms with Gasteiger partial charge >= 0.3 is 0 Å². The summed E-state index contributed by atoms with van der Waals surface area (Å²) in [7, 11) is 0. The minimum absolute atomic E-state index is 0.0260. The normalized spacial score (nSPS) is 11.0. The standard InChI is InChI=1S/C15H18N4OS/c1-15(2,3)11-9-12(19-18-11)16-14(21)17-13(20)10-7-5-4-6-8-10/h4-9H,1-3H3,(H3,16,17,18,19,20,21). The third kappa shape index (κ3) is 4.13.